The highest BCUT2D eigenvalue weighted by Gasteiger charge is 2.39. The number of fused-ring (bicyclic) bond motifs is 1. The molecule has 0 aromatic heterocycles. The SMILES string of the molecule is COCCC(C)(C)CNC1c2cc(Cl)ccc2CC1(C)C. The molecule has 1 aliphatic carbocycles. The van der Waals surface area contributed by atoms with Crippen molar-refractivity contribution in [1.29, 1.82) is 0 Å². The molecule has 0 saturated carbocycles. The van der Waals surface area contributed by atoms with Crippen LogP contribution in [0.15, 0.2) is 18.2 Å². The van der Waals surface area contributed by atoms with Gasteiger partial charge in [-0.2, -0.15) is 0 Å². The van der Waals surface area contributed by atoms with Gasteiger partial charge in [0.15, 0.2) is 0 Å². The van der Waals surface area contributed by atoms with Gasteiger partial charge in [-0.15, -0.1) is 0 Å². The number of benzene rings is 1. The highest BCUT2D eigenvalue weighted by molar-refractivity contribution is 6.30. The summed E-state index contributed by atoms with van der Waals surface area (Å²) in [7, 11) is 1.77. The van der Waals surface area contributed by atoms with Crippen LogP contribution in [0, 0.1) is 10.8 Å². The highest BCUT2D eigenvalue weighted by Crippen LogP contribution is 2.46. The molecule has 0 amide bonds. The maximum atomic E-state index is 6.20. The lowest BCUT2D eigenvalue weighted by atomic mass is 9.83. The first kappa shape index (κ1) is 16.8. The van der Waals surface area contributed by atoms with Crippen molar-refractivity contribution in [3.63, 3.8) is 0 Å². The minimum Gasteiger partial charge on any atom is -0.385 e. The summed E-state index contributed by atoms with van der Waals surface area (Å²) in [5.74, 6) is 0. The third kappa shape index (κ3) is 4.00. The molecular weight excluding hydrogens is 282 g/mol. The first-order valence-electron chi connectivity index (χ1n) is 7.76. The summed E-state index contributed by atoms with van der Waals surface area (Å²) in [6.45, 7) is 11.0. The van der Waals surface area contributed by atoms with Gasteiger partial charge in [-0.05, 0) is 46.9 Å². The van der Waals surface area contributed by atoms with Crippen molar-refractivity contribution in [3.8, 4) is 0 Å². The summed E-state index contributed by atoms with van der Waals surface area (Å²) < 4.78 is 5.22. The second kappa shape index (κ2) is 6.28. The van der Waals surface area contributed by atoms with Crippen LogP contribution in [0.5, 0.6) is 0 Å². The Morgan fingerprint density at radius 3 is 2.76 bits per heavy atom. The van der Waals surface area contributed by atoms with Crippen LogP contribution in [0.3, 0.4) is 0 Å². The van der Waals surface area contributed by atoms with Gasteiger partial charge in [-0.25, -0.2) is 0 Å². The molecule has 0 aliphatic heterocycles. The normalized spacial score (nSPS) is 20.6. The van der Waals surface area contributed by atoms with E-state index in [-0.39, 0.29) is 10.8 Å². The molecule has 0 saturated heterocycles. The molecule has 0 spiro atoms. The van der Waals surface area contributed by atoms with Gasteiger partial charge in [0.05, 0.1) is 0 Å². The average Bonchev–Trinajstić information content (AvgIpc) is 2.64. The van der Waals surface area contributed by atoms with E-state index in [9.17, 15) is 0 Å². The van der Waals surface area contributed by atoms with Crippen molar-refractivity contribution >= 4 is 11.6 Å². The predicted molar refractivity (Wildman–Crippen MR) is 90.0 cm³/mol. The van der Waals surface area contributed by atoms with Gasteiger partial charge in [0, 0.05) is 31.3 Å². The average molecular weight is 310 g/mol. The Morgan fingerprint density at radius 1 is 1.38 bits per heavy atom. The van der Waals surface area contributed by atoms with Crippen LogP contribution in [0.25, 0.3) is 0 Å². The van der Waals surface area contributed by atoms with Gasteiger partial charge in [-0.1, -0.05) is 45.4 Å². The summed E-state index contributed by atoms with van der Waals surface area (Å²) in [4.78, 5) is 0. The molecule has 1 aromatic carbocycles. The minimum atomic E-state index is 0.227. The molecule has 1 aromatic rings. The van der Waals surface area contributed by atoms with Gasteiger partial charge < -0.3 is 10.1 Å². The largest absolute Gasteiger partial charge is 0.385 e. The summed E-state index contributed by atoms with van der Waals surface area (Å²) in [5.41, 5.74) is 3.25. The summed E-state index contributed by atoms with van der Waals surface area (Å²) in [5, 5.41) is 4.62. The first-order valence-corrected chi connectivity index (χ1v) is 8.14. The van der Waals surface area contributed by atoms with E-state index in [1.54, 1.807) is 7.11 Å². The Labute approximate surface area is 134 Å². The van der Waals surface area contributed by atoms with Gasteiger partial charge in [0.25, 0.3) is 0 Å². The third-order valence-electron chi connectivity index (χ3n) is 4.61. The number of halogens is 1. The van der Waals surface area contributed by atoms with E-state index in [1.165, 1.54) is 11.1 Å². The predicted octanol–water partition coefficient (Wildman–Crippen LogP) is 4.62. The Kier molecular flexibility index (Phi) is 5.02. The number of methoxy groups -OCH3 is 1. The Bertz CT molecular complexity index is 496. The molecular formula is C18H28ClNO. The highest BCUT2D eigenvalue weighted by atomic mass is 35.5. The Morgan fingerprint density at radius 2 is 2.10 bits per heavy atom. The standard InChI is InChI=1S/C18H28ClNO/c1-17(2,8-9-21-5)12-20-16-15-10-14(19)7-6-13(15)11-18(16,3)4/h6-7,10,16,20H,8-9,11-12H2,1-5H3. The number of hydrogen-bond acceptors (Lipinski definition) is 2. The molecule has 1 atom stereocenters. The van der Waals surface area contributed by atoms with E-state index in [0.717, 1.165) is 31.0 Å². The fourth-order valence-electron chi connectivity index (χ4n) is 3.24. The van der Waals surface area contributed by atoms with E-state index in [0.29, 0.717) is 6.04 Å². The van der Waals surface area contributed by atoms with Crippen LogP contribution in [0.2, 0.25) is 5.02 Å². The molecule has 1 N–H and O–H groups in total. The van der Waals surface area contributed by atoms with Crippen LogP contribution in [0.1, 0.15) is 51.3 Å². The van der Waals surface area contributed by atoms with Crippen molar-refractivity contribution in [2.45, 2.75) is 46.6 Å². The molecule has 0 heterocycles. The van der Waals surface area contributed by atoms with E-state index in [2.05, 4.69) is 45.1 Å². The molecule has 1 unspecified atom stereocenters. The maximum absolute atomic E-state index is 6.20. The Balaban J connectivity index is 2.10. The second-order valence-corrected chi connectivity index (χ2v) is 8.17. The van der Waals surface area contributed by atoms with E-state index >= 15 is 0 Å². The number of rotatable bonds is 6. The van der Waals surface area contributed by atoms with Gasteiger partial charge in [0.1, 0.15) is 0 Å². The summed E-state index contributed by atoms with van der Waals surface area (Å²) in [6.07, 6.45) is 2.17. The molecule has 2 rings (SSSR count). The fraction of sp³-hybridized carbons (Fsp3) is 0.667. The second-order valence-electron chi connectivity index (χ2n) is 7.73. The molecule has 0 fully saturated rings. The lowest BCUT2D eigenvalue weighted by Crippen LogP contribution is -2.37. The smallest absolute Gasteiger partial charge is 0.0467 e. The molecule has 1 aliphatic rings. The fourth-order valence-corrected chi connectivity index (χ4v) is 3.42. The quantitative estimate of drug-likeness (QED) is 0.828. The van der Waals surface area contributed by atoms with Crippen LogP contribution in [-0.2, 0) is 11.2 Å². The Hall–Kier alpha value is -0.570. The van der Waals surface area contributed by atoms with Crippen molar-refractivity contribution in [3.05, 3.63) is 34.3 Å². The van der Waals surface area contributed by atoms with Gasteiger partial charge in [0.2, 0.25) is 0 Å². The number of nitrogens with one attached hydrogen (secondary N) is 1. The lowest BCUT2D eigenvalue weighted by Gasteiger charge is -2.33. The number of ether oxygens (including phenoxy) is 1. The maximum Gasteiger partial charge on any atom is 0.0467 e. The third-order valence-corrected chi connectivity index (χ3v) is 4.85. The molecule has 3 heteroatoms. The van der Waals surface area contributed by atoms with E-state index < -0.39 is 0 Å². The van der Waals surface area contributed by atoms with Crippen LogP contribution < -0.4 is 5.32 Å². The van der Waals surface area contributed by atoms with Crippen molar-refractivity contribution in [1.82, 2.24) is 5.32 Å². The van der Waals surface area contributed by atoms with Gasteiger partial charge >= 0.3 is 0 Å². The molecule has 21 heavy (non-hydrogen) atoms. The zero-order valence-corrected chi connectivity index (χ0v) is 14.7. The first-order chi connectivity index (χ1) is 9.75. The molecule has 118 valence electrons. The van der Waals surface area contributed by atoms with Gasteiger partial charge in [-0.3, -0.25) is 0 Å². The molecule has 0 bridgehead atoms. The monoisotopic (exact) mass is 309 g/mol. The molecule has 0 radical (unpaired) electrons. The van der Waals surface area contributed by atoms with Crippen LogP contribution in [-0.4, -0.2) is 20.3 Å². The van der Waals surface area contributed by atoms with Crippen molar-refractivity contribution in [2.75, 3.05) is 20.3 Å². The van der Waals surface area contributed by atoms with Crippen LogP contribution in [0.4, 0.5) is 0 Å². The van der Waals surface area contributed by atoms with Crippen molar-refractivity contribution < 1.29 is 4.74 Å². The minimum absolute atomic E-state index is 0.227. The van der Waals surface area contributed by atoms with Crippen molar-refractivity contribution in [2.24, 2.45) is 10.8 Å². The summed E-state index contributed by atoms with van der Waals surface area (Å²) >= 11 is 6.20. The molecule has 2 nitrogen and oxygen atoms in total. The van der Waals surface area contributed by atoms with E-state index in [4.69, 9.17) is 16.3 Å². The zero-order valence-electron chi connectivity index (χ0n) is 13.9. The number of hydrogen-bond donors (Lipinski definition) is 1. The lowest BCUT2D eigenvalue weighted by molar-refractivity contribution is 0.143. The summed E-state index contributed by atoms with van der Waals surface area (Å²) in [6, 6.07) is 6.68. The van der Waals surface area contributed by atoms with Crippen LogP contribution >= 0.6 is 11.6 Å². The zero-order chi connectivity index (χ0) is 15.7. The topological polar surface area (TPSA) is 21.3 Å². The van der Waals surface area contributed by atoms with E-state index in [1.807, 2.05) is 6.07 Å².